The SMILES string of the molecule is c1ccc(-c2nc(-c3cccc(-c4cc5ccc6cccc7c8cccc9ccc%10cccc(c(c4)c5c67)c%10c98)c3)cc(-c3ccc4ccccc4c3)n2)cc1. The van der Waals surface area contributed by atoms with E-state index in [1.807, 2.05) is 18.2 Å². The van der Waals surface area contributed by atoms with Gasteiger partial charge in [0.25, 0.3) is 0 Å². The van der Waals surface area contributed by atoms with Crippen molar-refractivity contribution in [3.63, 3.8) is 0 Å². The number of aromatic nitrogens is 2. The van der Waals surface area contributed by atoms with Gasteiger partial charge in [0.05, 0.1) is 11.4 Å². The lowest BCUT2D eigenvalue weighted by atomic mass is 9.86. The van der Waals surface area contributed by atoms with Crippen molar-refractivity contribution in [1.82, 2.24) is 9.97 Å². The molecule has 0 bridgehead atoms. The zero-order valence-electron chi connectivity index (χ0n) is 30.4. The molecule has 0 aliphatic heterocycles. The quantitative estimate of drug-likeness (QED) is 0.170. The van der Waals surface area contributed by atoms with Gasteiger partial charge in [-0.2, -0.15) is 0 Å². The van der Waals surface area contributed by atoms with Crippen LogP contribution >= 0.6 is 0 Å². The molecule has 0 saturated heterocycles. The highest BCUT2D eigenvalue weighted by molar-refractivity contribution is 6.37. The molecule has 0 aliphatic carbocycles. The van der Waals surface area contributed by atoms with Gasteiger partial charge in [-0.05, 0) is 117 Å². The van der Waals surface area contributed by atoms with Crippen LogP contribution in [0.3, 0.4) is 0 Å². The van der Waals surface area contributed by atoms with Crippen LogP contribution in [0.15, 0.2) is 194 Å². The third-order valence-electron chi connectivity index (χ3n) is 11.7. The number of hydrogen-bond donors (Lipinski definition) is 0. The minimum absolute atomic E-state index is 0.712. The molecular formula is C54H32N2. The number of fused-ring (bicyclic) bond motifs is 3. The Hall–Kier alpha value is -7.42. The molecule has 11 aromatic carbocycles. The summed E-state index contributed by atoms with van der Waals surface area (Å²) in [5.41, 5.74) is 7.23. The first-order chi connectivity index (χ1) is 27.7. The molecule has 258 valence electrons. The van der Waals surface area contributed by atoms with E-state index < -0.39 is 0 Å². The maximum atomic E-state index is 5.20. The molecule has 0 spiro atoms. The summed E-state index contributed by atoms with van der Waals surface area (Å²) in [4.78, 5) is 10.3. The maximum absolute atomic E-state index is 5.20. The first-order valence-corrected chi connectivity index (χ1v) is 19.2. The molecule has 0 amide bonds. The topological polar surface area (TPSA) is 25.8 Å². The molecule has 0 radical (unpaired) electrons. The lowest BCUT2D eigenvalue weighted by Crippen LogP contribution is -1.96. The highest BCUT2D eigenvalue weighted by atomic mass is 14.9. The van der Waals surface area contributed by atoms with E-state index >= 15 is 0 Å². The van der Waals surface area contributed by atoms with Gasteiger partial charge in [0.15, 0.2) is 5.82 Å². The van der Waals surface area contributed by atoms with Crippen LogP contribution in [0.5, 0.6) is 0 Å². The second kappa shape index (κ2) is 12.0. The lowest BCUT2D eigenvalue weighted by Gasteiger charge is -2.17. The summed E-state index contributed by atoms with van der Waals surface area (Å²) < 4.78 is 0. The molecule has 2 heteroatoms. The van der Waals surface area contributed by atoms with Gasteiger partial charge in [-0.1, -0.05) is 164 Å². The van der Waals surface area contributed by atoms with Crippen LogP contribution < -0.4 is 0 Å². The summed E-state index contributed by atoms with van der Waals surface area (Å²) in [5, 5.41) is 17.8. The molecule has 12 rings (SSSR count). The molecule has 0 atom stereocenters. The standard InChI is InChI=1S/C54H32N2/c1-2-11-37(12-3-1)54-55-48(32-49(56-54)41-26-22-33-10-4-5-13-38(33)28-41)40-18-6-17-39(29-40)43-30-42-27-25-36-15-8-20-45-44-19-7-14-34-23-24-35-16-9-21-46(52(35)50(34)44)47(31-43)53(42)51(36)45/h1-32H. The second-order valence-corrected chi connectivity index (χ2v) is 14.9. The third-order valence-corrected chi connectivity index (χ3v) is 11.7. The van der Waals surface area contributed by atoms with E-state index in [0.717, 1.165) is 33.6 Å². The van der Waals surface area contributed by atoms with Gasteiger partial charge in [0.2, 0.25) is 0 Å². The number of nitrogens with zero attached hydrogens (tertiary/aromatic N) is 2. The summed E-state index contributed by atoms with van der Waals surface area (Å²) >= 11 is 0. The van der Waals surface area contributed by atoms with Crippen LogP contribution in [0.2, 0.25) is 0 Å². The minimum Gasteiger partial charge on any atom is -0.228 e. The van der Waals surface area contributed by atoms with Crippen LogP contribution in [0.4, 0.5) is 0 Å². The van der Waals surface area contributed by atoms with Crippen molar-refractivity contribution in [1.29, 1.82) is 0 Å². The molecule has 1 aromatic heterocycles. The molecule has 1 heterocycles. The van der Waals surface area contributed by atoms with E-state index in [0.29, 0.717) is 5.82 Å². The smallest absolute Gasteiger partial charge is 0.160 e. The zero-order chi connectivity index (χ0) is 36.7. The summed E-state index contributed by atoms with van der Waals surface area (Å²) in [5.74, 6) is 0.712. The minimum atomic E-state index is 0.712. The van der Waals surface area contributed by atoms with Crippen molar-refractivity contribution in [2.45, 2.75) is 0 Å². The van der Waals surface area contributed by atoms with E-state index in [2.05, 4.69) is 176 Å². The van der Waals surface area contributed by atoms with Gasteiger partial charge in [-0.3, -0.25) is 0 Å². The van der Waals surface area contributed by atoms with Crippen LogP contribution in [0, 0.1) is 0 Å². The number of benzene rings is 10. The fourth-order valence-corrected chi connectivity index (χ4v) is 9.12. The largest absolute Gasteiger partial charge is 0.228 e. The van der Waals surface area contributed by atoms with Crippen molar-refractivity contribution < 1.29 is 0 Å². The molecule has 0 fully saturated rings. The van der Waals surface area contributed by atoms with E-state index in [1.54, 1.807) is 0 Å². The van der Waals surface area contributed by atoms with Crippen molar-refractivity contribution >= 4 is 75.4 Å². The highest BCUT2D eigenvalue weighted by Gasteiger charge is 2.17. The third kappa shape index (κ3) is 4.76. The van der Waals surface area contributed by atoms with Gasteiger partial charge in [0, 0.05) is 16.7 Å². The first kappa shape index (κ1) is 31.0. The van der Waals surface area contributed by atoms with Crippen LogP contribution in [0.25, 0.3) is 120 Å². The van der Waals surface area contributed by atoms with Crippen molar-refractivity contribution in [3.05, 3.63) is 194 Å². The van der Waals surface area contributed by atoms with Gasteiger partial charge in [0.1, 0.15) is 0 Å². The molecule has 0 saturated carbocycles. The Kier molecular flexibility index (Phi) is 6.66. The summed E-state index contributed by atoms with van der Waals surface area (Å²) in [6.07, 6.45) is 0. The molecule has 0 unspecified atom stereocenters. The molecule has 12 aromatic rings. The molecule has 2 nitrogen and oxygen atoms in total. The van der Waals surface area contributed by atoms with Gasteiger partial charge in [-0.25, -0.2) is 9.97 Å². The Labute approximate surface area is 323 Å². The summed E-state index contributed by atoms with van der Waals surface area (Å²) in [7, 11) is 0. The fourth-order valence-electron chi connectivity index (χ4n) is 9.12. The van der Waals surface area contributed by atoms with Crippen LogP contribution in [-0.4, -0.2) is 9.97 Å². The van der Waals surface area contributed by atoms with Gasteiger partial charge < -0.3 is 0 Å². The summed E-state index contributed by atoms with van der Waals surface area (Å²) in [6, 6.07) is 70.6. The van der Waals surface area contributed by atoms with Gasteiger partial charge in [-0.15, -0.1) is 0 Å². The predicted octanol–water partition coefficient (Wildman–Crippen LogP) is 14.7. The van der Waals surface area contributed by atoms with Crippen molar-refractivity contribution in [3.8, 4) is 45.0 Å². The Morgan fingerprint density at radius 1 is 0.232 bits per heavy atom. The van der Waals surface area contributed by atoms with E-state index in [-0.39, 0.29) is 0 Å². The molecule has 0 N–H and O–H groups in total. The Bertz CT molecular complexity index is 3520. The van der Waals surface area contributed by atoms with E-state index in [4.69, 9.17) is 9.97 Å². The van der Waals surface area contributed by atoms with Crippen LogP contribution in [-0.2, 0) is 0 Å². The molecule has 56 heavy (non-hydrogen) atoms. The van der Waals surface area contributed by atoms with E-state index in [9.17, 15) is 0 Å². The Morgan fingerprint density at radius 3 is 1.38 bits per heavy atom. The summed E-state index contributed by atoms with van der Waals surface area (Å²) in [6.45, 7) is 0. The normalized spacial score (nSPS) is 11.9. The average Bonchev–Trinajstić information content (AvgIpc) is 3.27. The Morgan fingerprint density at radius 2 is 0.696 bits per heavy atom. The zero-order valence-corrected chi connectivity index (χ0v) is 30.4. The van der Waals surface area contributed by atoms with Crippen molar-refractivity contribution in [2.75, 3.05) is 0 Å². The van der Waals surface area contributed by atoms with Crippen molar-refractivity contribution in [2.24, 2.45) is 0 Å². The highest BCUT2D eigenvalue weighted by Crippen LogP contribution is 2.44. The molecule has 0 aliphatic rings. The Balaban J connectivity index is 1.11. The number of hydrogen-bond acceptors (Lipinski definition) is 2. The second-order valence-electron chi connectivity index (χ2n) is 14.9. The number of rotatable bonds is 4. The average molecular weight is 709 g/mol. The van der Waals surface area contributed by atoms with E-state index in [1.165, 1.54) is 81.0 Å². The van der Waals surface area contributed by atoms with Crippen LogP contribution in [0.1, 0.15) is 0 Å². The fraction of sp³-hybridized carbons (Fsp3) is 0. The lowest BCUT2D eigenvalue weighted by molar-refractivity contribution is 1.18. The molecular weight excluding hydrogens is 677 g/mol. The maximum Gasteiger partial charge on any atom is 0.160 e. The predicted molar refractivity (Wildman–Crippen MR) is 238 cm³/mol. The van der Waals surface area contributed by atoms with Gasteiger partial charge >= 0.3 is 0 Å². The first-order valence-electron chi connectivity index (χ1n) is 19.2. The monoisotopic (exact) mass is 708 g/mol.